The molecule has 76 valence electrons. The quantitative estimate of drug-likeness (QED) is 0.790. The molecule has 0 aliphatic rings. The molecule has 14 heavy (non-hydrogen) atoms. The fourth-order valence-electron chi connectivity index (χ4n) is 1.35. The summed E-state index contributed by atoms with van der Waals surface area (Å²) in [6.45, 7) is 2.14. The van der Waals surface area contributed by atoms with Gasteiger partial charge in [-0.05, 0) is 24.5 Å². The smallest absolute Gasteiger partial charge is 0.252 e. The Morgan fingerprint density at radius 3 is 3.00 bits per heavy atom. The molecule has 0 spiro atoms. The van der Waals surface area contributed by atoms with Crippen molar-refractivity contribution in [2.75, 3.05) is 7.05 Å². The SMILES string of the molecule is CCCCc1ccncc1C(=O)NC. The van der Waals surface area contributed by atoms with Crippen LogP contribution >= 0.6 is 0 Å². The topological polar surface area (TPSA) is 42.0 Å². The lowest BCUT2D eigenvalue weighted by atomic mass is 10.0. The monoisotopic (exact) mass is 192 g/mol. The van der Waals surface area contributed by atoms with E-state index in [-0.39, 0.29) is 5.91 Å². The Hall–Kier alpha value is -1.38. The Labute approximate surface area is 84.6 Å². The van der Waals surface area contributed by atoms with E-state index in [2.05, 4.69) is 17.2 Å². The predicted molar refractivity (Wildman–Crippen MR) is 56.2 cm³/mol. The minimum atomic E-state index is -0.0517. The van der Waals surface area contributed by atoms with Crippen molar-refractivity contribution in [3.63, 3.8) is 0 Å². The van der Waals surface area contributed by atoms with Crippen molar-refractivity contribution < 1.29 is 4.79 Å². The van der Waals surface area contributed by atoms with Crippen molar-refractivity contribution in [1.82, 2.24) is 10.3 Å². The number of hydrogen-bond acceptors (Lipinski definition) is 2. The first-order valence-electron chi connectivity index (χ1n) is 4.94. The van der Waals surface area contributed by atoms with Gasteiger partial charge in [-0.2, -0.15) is 0 Å². The second-order valence-corrected chi connectivity index (χ2v) is 3.22. The fourth-order valence-corrected chi connectivity index (χ4v) is 1.35. The molecule has 0 saturated heterocycles. The van der Waals surface area contributed by atoms with Crippen LogP contribution in [0.5, 0.6) is 0 Å². The maximum absolute atomic E-state index is 11.4. The molecule has 0 radical (unpaired) electrons. The van der Waals surface area contributed by atoms with Crippen molar-refractivity contribution in [3.05, 3.63) is 29.6 Å². The van der Waals surface area contributed by atoms with Gasteiger partial charge in [0.25, 0.3) is 5.91 Å². The molecule has 1 N–H and O–H groups in total. The maximum Gasteiger partial charge on any atom is 0.252 e. The van der Waals surface area contributed by atoms with E-state index in [0.29, 0.717) is 5.56 Å². The second-order valence-electron chi connectivity index (χ2n) is 3.22. The van der Waals surface area contributed by atoms with E-state index in [9.17, 15) is 4.79 Å². The molecule has 0 bridgehead atoms. The molecule has 0 unspecified atom stereocenters. The van der Waals surface area contributed by atoms with Gasteiger partial charge in [-0.1, -0.05) is 13.3 Å². The van der Waals surface area contributed by atoms with Crippen molar-refractivity contribution in [3.8, 4) is 0 Å². The number of aryl methyl sites for hydroxylation is 1. The lowest BCUT2D eigenvalue weighted by Crippen LogP contribution is -2.19. The van der Waals surface area contributed by atoms with Crippen molar-refractivity contribution in [1.29, 1.82) is 0 Å². The molecule has 0 aliphatic carbocycles. The summed E-state index contributed by atoms with van der Waals surface area (Å²) >= 11 is 0. The van der Waals surface area contributed by atoms with Crippen LogP contribution in [0, 0.1) is 0 Å². The third-order valence-electron chi connectivity index (χ3n) is 2.18. The van der Waals surface area contributed by atoms with Crippen LogP contribution in [0.3, 0.4) is 0 Å². The molecule has 0 aliphatic heterocycles. The number of nitrogens with zero attached hydrogens (tertiary/aromatic N) is 1. The van der Waals surface area contributed by atoms with Gasteiger partial charge in [0.1, 0.15) is 0 Å². The lowest BCUT2D eigenvalue weighted by molar-refractivity contribution is 0.0961. The molecule has 3 heteroatoms. The van der Waals surface area contributed by atoms with Crippen molar-refractivity contribution in [2.24, 2.45) is 0 Å². The molecule has 1 heterocycles. The Balaban J connectivity index is 2.85. The molecular weight excluding hydrogens is 176 g/mol. The molecule has 0 saturated carbocycles. The summed E-state index contributed by atoms with van der Waals surface area (Å²) in [5.41, 5.74) is 1.78. The number of carbonyl (C=O) groups is 1. The Kier molecular flexibility index (Phi) is 4.11. The Morgan fingerprint density at radius 1 is 1.57 bits per heavy atom. The number of aromatic nitrogens is 1. The summed E-state index contributed by atoms with van der Waals surface area (Å²) in [6.07, 6.45) is 6.55. The van der Waals surface area contributed by atoms with Crippen molar-refractivity contribution >= 4 is 5.91 Å². The molecule has 1 aromatic heterocycles. The first kappa shape index (κ1) is 10.7. The largest absolute Gasteiger partial charge is 0.355 e. The third kappa shape index (κ3) is 2.55. The predicted octanol–water partition coefficient (Wildman–Crippen LogP) is 1.78. The van der Waals surface area contributed by atoms with Gasteiger partial charge < -0.3 is 5.32 Å². The van der Waals surface area contributed by atoms with Crippen molar-refractivity contribution in [2.45, 2.75) is 26.2 Å². The van der Waals surface area contributed by atoms with Crippen LogP contribution in [0.1, 0.15) is 35.7 Å². The molecular formula is C11H16N2O. The molecule has 1 rings (SSSR count). The molecule has 0 fully saturated rings. The zero-order valence-corrected chi connectivity index (χ0v) is 8.71. The summed E-state index contributed by atoms with van der Waals surface area (Å²) in [7, 11) is 1.64. The van der Waals surface area contributed by atoms with E-state index in [1.54, 1.807) is 19.4 Å². The number of unbranched alkanes of at least 4 members (excludes halogenated alkanes) is 1. The van der Waals surface area contributed by atoms with E-state index in [1.807, 2.05) is 6.07 Å². The normalized spacial score (nSPS) is 9.86. The summed E-state index contributed by atoms with van der Waals surface area (Å²) in [4.78, 5) is 15.4. The molecule has 1 amide bonds. The van der Waals surface area contributed by atoms with Gasteiger partial charge in [-0.15, -0.1) is 0 Å². The first-order valence-corrected chi connectivity index (χ1v) is 4.94. The minimum absolute atomic E-state index is 0.0517. The number of nitrogens with one attached hydrogen (secondary N) is 1. The highest BCUT2D eigenvalue weighted by Gasteiger charge is 2.08. The van der Waals surface area contributed by atoms with Gasteiger partial charge in [0, 0.05) is 19.4 Å². The molecule has 3 nitrogen and oxygen atoms in total. The van der Waals surface area contributed by atoms with Crippen LogP contribution in [0.15, 0.2) is 18.5 Å². The third-order valence-corrected chi connectivity index (χ3v) is 2.18. The number of pyridine rings is 1. The highest BCUT2D eigenvalue weighted by Crippen LogP contribution is 2.10. The van der Waals surface area contributed by atoms with Gasteiger partial charge in [0.05, 0.1) is 5.56 Å². The zero-order valence-electron chi connectivity index (χ0n) is 8.71. The van der Waals surface area contributed by atoms with E-state index >= 15 is 0 Å². The van der Waals surface area contributed by atoms with Gasteiger partial charge in [0.15, 0.2) is 0 Å². The molecule has 0 aromatic carbocycles. The van der Waals surface area contributed by atoms with Gasteiger partial charge in [0.2, 0.25) is 0 Å². The van der Waals surface area contributed by atoms with Crippen LogP contribution in [-0.4, -0.2) is 17.9 Å². The number of hydrogen-bond donors (Lipinski definition) is 1. The number of rotatable bonds is 4. The Morgan fingerprint density at radius 2 is 2.36 bits per heavy atom. The summed E-state index contributed by atoms with van der Waals surface area (Å²) in [5.74, 6) is -0.0517. The zero-order chi connectivity index (χ0) is 10.4. The highest BCUT2D eigenvalue weighted by atomic mass is 16.1. The summed E-state index contributed by atoms with van der Waals surface area (Å²) in [6, 6.07) is 1.92. The number of carbonyl (C=O) groups excluding carboxylic acids is 1. The van der Waals surface area contributed by atoms with Crippen LogP contribution in [0.25, 0.3) is 0 Å². The highest BCUT2D eigenvalue weighted by molar-refractivity contribution is 5.95. The van der Waals surface area contributed by atoms with Crippen LogP contribution in [0.4, 0.5) is 0 Å². The van der Waals surface area contributed by atoms with Crippen LogP contribution in [-0.2, 0) is 6.42 Å². The van der Waals surface area contributed by atoms with Gasteiger partial charge in [-0.3, -0.25) is 9.78 Å². The van der Waals surface area contributed by atoms with E-state index in [1.165, 1.54) is 0 Å². The number of amides is 1. The summed E-state index contributed by atoms with van der Waals surface area (Å²) < 4.78 is 0. The lowest BCUT2D eigenvalue weighted by Gasteiger charge is -2.06. The first-order chi connectivity index (χ1) is 6.79. The van der Waals surface area contributed by atoms with E-state index in [0.717, 1.165) is 24.8 Å². The fraction of sp³-hybridized carbons (Fsp3) is 0.455. The standard InChI is InChI=1S/C11H16N2O/c1-3-4-5-9-6-7-13-8-10(9)11(14)12-2/h6-8H,3-5H2,1-2H3,(H,12,14). The second kappa shape index (κ2) is 5.37. The summed E-state index contributed by atoms with van der Waals surface area (Å²) in [5, 5.41) is 2.62. The Bertz CT molecular complexity index is 310. The minimum Gasteiger partial charge on any atom is -0.355 e. The molecule has 0 atom stereocenters. The van der Waals surface area contributed by atoms with E-state index < -0.39 is 0 Å². The average molecular weight is 192 g/mol. The van der Waals surface area contributed by atoms with Gasteiger partial charge in [-0.25, -0.2) is 0 Å². The van der Waals surface area contributed by atoms with Crippen LogP contribution in [0.2, 0.25) is 0 Å². The maximum atomic E-state index is 11.4. The molecule has 1 aromatic rings. The average Bonchev–Trinajstić information content (AvgIpc) is 2.25. The van der Waals surface area contributed by atoms with E-state index in [4.69, 9.17) is 0 Å². The van der Waals surface area contributed by atoms with Crippen LogP contribution < -0.4 is 5.32 Å². The van der Waals surface area contributed by atoms with Gasteiger partial charge >= 0.3 is 0 Å².